The molecule has 0 aliphatic carbocycles. The number of benzene rings is 1. The van der Waals surface area contributed by atoms with Crippen molar-refractivity contribution in [2.75, 3.05) is 7.11 Å². The van der Waals surface area contributed by atoms with E-state index in [1.165, 1.54) is 12.8 Å². The van der Waals surface area contributed by atoms with E-state index in [0.29, 0.717) is 31.0 Å². The number of amides is 1. The molecule has 2 saturated heterocycles. The van der Waals surface area contributed by atoms with Crippen LogP contribution in [0.4, 0.5) is 0 Å². The molecule has 1 amide bonds. The van der Waals surface area contributed by atoms with Crippen LogP contribution in [0.25, 0.3) is 0 Å². The lowest BCUT2D eigenvalue weighted by Crippen LogP contribution is -2.39. The fourth-order valence-corrected chi connectivity index (χ4v) is 4.28. The summed E-state index contributed by atoms with van der Waals surface area (Å²) in [5.74, 6) is 1.51. The third-order valence-electron chi connectivity index (χ3n) is 4.75. The summed E-state index contributed by atoms with van der Waals surface area (Å²) in [4.78, 5) is 12.2. The summed E-state index contributed by atoms with van der Waals surface area (Å²) in [7, 11) is 1.65. The summed E-state index contributed by atoms with van der Waals surface area (Å²) in [5.41, 5.74) is 1.08. The van der Waals surface area contributed by atoms with Gasteiger partial charge < -0.3 is 15.4 Å². The first-order chi connectivity index (χ1) is 10.6. The van der Waals surface area contributed by atoms with Crippen LogP contribution in [-0.2, 0) is 11.3 Å². The van der Waals surface area contributed by atoms with E-state index in [9.17, 15) is 4.79 Å². The van der Waals surface area contributed by atoms with Crippen molar-refractivity contribution < 1.29 is 9.53 Å². The van der Waals surface area contributed by atoms with Crippen molar-refractivity contribution in [3.05, 3.63) is 28.2 Å². The van der Waals surface area contributed by atoms with E-state index in [1.54, 1.807) is 7.11 Å². The molecule has 2 atom stereocenters. The quantitative estimate of drug-likeness (QED) is 0.792. The van der Waals surface area contributed by atoms with Crippen molar-refractivity contribution in [3.8, 4) is 5.75 Å². The highest BCUT2D eigenvalue weighted by Gasteiger charge is 2.34. The Hall–Kier alpha value is -0.780. The lowest BCUT2D eigenvalue weighted by Gasteiger charge is -2.28. The molecule has 3 rings (SSSR count). The van der Waals surface area contributed by atoms with Crippen LogP contribution >= 0.6 is 28.3 Å². The van der Waals surface area contributed by atoms with Crippen LogP contribution in [0.3, 0.4) is 0 Å². The van der Waals surface area contributed by atoms with Crippen molar-refractivity contribution in [3.63, 3.8) is 0 Å². The molecule has 2 aliphatic rings. The first-order valence-corrected chi connectivity index (χ1v) is 8.78. The third-order valence-corrected chi connectivity index (χ3v) is 5.37. The molecule has 4 nitrogen and oxygen atoms in total. The minimum atomic E-state index is 0. The van der Waals surface area contributed by atoms with Gasteiger partial charge >= 0.3 is 0 Å². The average molecular weight is 404 g/mol. The molecular weight excluding hydrogens is 380 g/mol. The molecule has 2 bridgehead atoms. The Balaban J connectivity index is 0.00000192. The minimum Gasteiger partial charge on any atom is -0.496 e. The number of carbonyl (C=O) groups is 1. The lowest BCUT2D eigenvalue weighted by molar-refractivity contribution is -0.122. The number of rotatable bonds is 5. The van der Waals surface area contributed by atoms with Gasteiger partial charge in [-0.1, -0.05) is 6.07 Å². The summed E-state index contributed by atoms with van der Waals surface area (Å²) >= 11 is 3.47. The van der Waals surface area contributed by atoms with Gasteiger partial charge in [-0.15, -0.1) is 12.4 Å². The second-order valence-electron chi connectivity index (χ2n) is 6.43. The molecule has 2 unspecified atom stereocenters. The van der Waals surface area contributed by atoms with E-state index in [2.05, 4.69) is 26.6 Å². The van der Waals surface area contributed by atoms with Crippen molar-refractivity contribution in [1.29, 1.82) is 0 Å². The maximum Gasteiger partial charge on any atom is 0.220 e. The molecule has 1 aromatic rings. The molecule has 2 fully saturated rings. The molecule has 128 valence electrons. The van der Waals surface area contributed by atoms with Crippen LogP contribution in [0.5, 0.6) is 5.75 Å². The second kappa shape index (κ2) is 8.36. The van der Waals surface area contributed by atoms with E-state index in [-0.39, 0.29) is 18.3 Å². The summed E-state index contributed by atoms with van der Waals surface area (Å²) in [6, 6.07) is 7.18. The molecule has 2 heterocycles. The zero-order valence-corrected chi connectivity index (χ0v) is 15.7. The zero-order valence-electron chi connectivity index (χ0n) is 13.3. The number of carbonyl (C=O) groups excluding carboxylic acids is 1. The standard InChI is InChI=1S/C17H23BrN2O2.ClH/c1-22-16-5-2-11(8-15(16)18)10-19-17(21)9-12-6-13-3-4-14(7-12)20-13;/h2,5,8,12-14,20H,3-4,6-7,9-10H2,1H3,(H,19,21);1H. The monoisotopic (exact) mass is 402 g/mol. The van der Waals surface area contributed by atoms with Gasteiger partial charge in [0.25, 0.3) is 0 Å². The van der Waals surface area contributed by atoms with Gasteiger partial charge in [-0.05, 0) is 65.2 Å². The Labute approximate surface area is 152 Å². The summed E-state index contributed by atoms with van der Waals surface area (Å²) in [6.07, 6.45) is 5.52. The highest BCUT2D eigenvalue weighted by Crippen LogP contribution is 2.32. The second-order valence-corrected chi connectivity index (χ2v) is 7.28. The smallest absolute Gasteiger partial charge is 0.220 e. The number of piperidine rings is 1. The van der Waals surface area contributed by atoms with Gasteiger partial charge in [-0.25, -0.2) is 0 Å². The molecule has 0 spiro atoms. The number of hydrogen-bond acceptors (Lipinski definition) is 3. The minimum absolute atomic E-state index is 0. The average Bonchev–Trinajstić information content (AvgIpc) is 2.84. The topological polar surface area (TPSA) is 50.4 Å². The first kappa shape index (κ1) is 18.6. The van der Waals surface area contributed by atoms with E-state index >= 15 is 0 Å². The van der Waals surface area contributed by atoms with Crippen LogP contribution in [0.1, 0.15) is 37.7 Å². The molecule has 0 radical (unpaired) electrons. The highest BCUT2D eigenvalue weighted by molar-refractivity contribution is 9.10. The summed E-state index contributed by atoms with van der Waals surface area (Å²) in [6.45, 7) is 0.569. The van der Waals surface area contributed by atoms with E-state index in [4.69, 9.17) is 4.74 Å². The van der Waals surface area contributed by atoms with Gasteiger partial charge in [0.05, 0.1) is 11.6 Å². The number of nitrogens with one attached hydrogen (secondary N) is 2. The maximum atomic E-state index is 12.2. The van der Waals surface area contributed by atoms with Crippen LogP contribution in [0, 0.1) is 5.92 Å². The summed E-state index contributed by atoms with van der Waals surface area (Å²) in [5, 5.41) is 6.66. The SMILES string of the molecule is COc1ccc(CNC(=O)CC2CC3CCC(C2)N3)cc1Br.Cl. The van der Waals surface area contributed by atoms with Gasteiger partial charge in [0.15, 0.2) is 0 Å². The molecule has 0 aromatic heterocycles. The fourth-order valence-electron chi connectivity index (χ4n) is 3.70. The lowest BCUT2D eigenvalue weighted by atomic mass is 9.89. The van der Waals surface area contributed by atoms with Crippen molar-refractivity contribution >= 4 is 34.2 Å². The van der Waals surface area contributed by atoms with Crippen molar-refractivity contribution in [2.45, 2.75) is 50.7 Å². The Kier molecular flexibility index (Phi) is 6.74. The zero-order chi connectivity index (χ0) is 15.5. The van der Waals surface area contributed by atoms with E-state index < -0.39 is 0 Å². The summed E-state index contributed by atoms with van der Waals surface area (Å²) < 4.78 is 6.13. The normalized spacial score (nSPS) is 25.6. The van der Waals surface area contributed by atoms with Crippen LogP contribution in [0.15, 0.2) is 22.7 Å². The van der Waals surface area contributed by atoms with Crippen LogP contribution in [-0.4, -0.2) is 25.1 Å². The van der Waals surface area contributed by atoms with Gasteiger partial charge in [0.1, 0.15) is 5.75 Å². The van der Waals surface area contributed by atoms with Crippen LogP contribution < -0.4 is 15.4 Å². The largest absolute Gasteiger partial charge is 0.496 e. The van der Waals surface area contributed by atoms with E-state index in [1.807, 2.05) is 18.2 Å². The number of ether oxygens (including phenoxy) is 1. The Morgan fingerprint density at radius 1 is 1.35 bits per heavy atom. The Bertz CT molecular complexity index is 543. The van der Waals surface area contributed by atoms with Crippen molar-refractivity contribution in [1.82, 2.24) is 10.6 Å². The highest BCUT2D eigenvalue weighted by atomic mass is 79.9. The van der Waals surface area contributed by atoms with Gasteiger partial charge in [-0.2, -0.15) is 0 Å². The predicted molar refractivity (Wildman–Crippen MR) is 97.1 cm³/mol. The number of hydrogen-bond donors (Lipinski definition) is 2. The van der Waals surface area contributed by atoms with Gasteiger partial charge in [0.2, 0.25) is 5.91 Å². The molecule has 6 heteroatoms. The van der Waals surface area contributed by atoms with Crippen LogP contribution in [0.2, 0.25) is 0 Å². The molecule has 0 saturated carbocycles. The van der Waals surface area contributed by atoms with Crippen molar-refractivity contribution in [2.24, 2.45) is 5.92 Å². The number of methoxy groups -OCH3 is 1. The molecular formula is C17H24BrClN2O2. The Morgan fingerprint density at radius 2 is 2.04 bits per heavy atom. The maximum absolute atomic E-state index is 12.2. The fraction of sp³-hybridized carbons (Fsp3) is 0.588. The molecule has 2 aliphatic heterocycles. The Morgan fingerprint density at radius 3 is 2.65 bits per heavy atom. The third kappa shape index (κ3) is 4.85. The number of halogens is 2. The van der Waals surface area contributed by atoms with E-state index in [0.717, 1.165) is 28.6 Å². The molecule has 23 heavy (non-hydrogen) atoms. The predicted octanol–water partition coefficient (Wildman–Crippen LogP) is 3.42. The first-order valence-electron chi connectivity index (χ1n) is 7.99. The molecule has 1 aromatic carbocycles. The van der Waals surface area contributed by atoms with Gasteiger partial charge in [0, 0.05) is 25.0 Å². The van der Waals surface area contributed by atoms with Gasteiger partial charge in [-0.3, -0.25) is 4.79 Å². The molecule has 2 N–H and O–H groups in total. The number of fused-ring (bicyclic) bond motifs is 2.